The van der Waals surface area contributed by atoms with E-state index in [1.54, 1.807) is 0 Å². The molecular formula is C35H54O4. The van der Waals surface area contributed by atoms with Gasteiger partial charge in [0.05, 0.1) is 23.9 Å². The van der Waals surface area contributed by atoms with Crippen LogP contribution in [-0.4, -0.2) is 24.1 Å². The van der Waals surface area contributed by atoms with E-state index in [9.17, 15) is 4.79 Å². The summed E-state index contributed by atoms with van der Waals surface area (Å²) in [5.41, 5.74) is 2.98. The van der Waals surface area contributed by atoms with Gasteiger partial charge in [-0.25, -0.2) is 0 Å². The van der Waals surface area contributed by atoms with Crippen LogP contribution in [0.3, 0.4) is 0 Å². The molecule has 2 aromatic carbocycles. The average molecular weight is 539 g/mol. The van der Waals surface area contributed by atoms with Gasteiger partial charge in [-0.05, 0) is 82.2 Å². The molecule has 2 rings (SSSR count). The lowest BCUT2D eigenvalue weighted by Gasteiger charge is -2.22. The first-order chi connectivity index (χ1) is 18.8. The second-order valence-electron chi connectivity index (χ2n) is 11.1. The van der Waals surface area contributed by atoms with Gasteiger partial charge in [0.25, 0.3) is 0 Å². The quantitative estimate of drug-likeness (QED) is 0.157. The molecule has 39 heavy (non-hydrogen) atoms. The molecule has 218 valence electrons. The Balaban J connectivity index is 2.28. The molecule has 3 atom stereocenters. The predicted molar refractivity (Wildman–Crippen MR) is 164 cm³/mol. The van der Waals surface area contributed by atoms with E-state index in [-0.39, 0.29) is 24.1 Å². The summed E-state index contributed by atoms with van der Waals surface area (Å²) in [6.45, 7) is 15.0. The maximum absolute atomic E-state index is 13.7. The van der Waals surface area contributed by atoms with Crippen molar-refractivity contribution in [2.75, 3.05) is 0 Å². The van der Waals surface area contributed by atoms with Crippen LogP contribution >= 0.6 is 0 Å². The molecule has 0 fully saturated rings. The Hall–Kier alpha value is -2.49. The fourth-order valence-corrected chi connectivity index (χ4v) is 4.78. The minimum atomic E-state index is 0.0121. The van der Waals surface area contributed by atoms with E-state index in [2.05, 4.69) is 66.7 Å². The van der Waals surface area contributed by atoms with Crippen LogP contribution in [0.25, 0.3) is 0 Å². The molecule has 0 saturated heterocycles. The second-order valence-corrected chi connectivity index (χ2v) is 11.1. The number of hydrogen-bond donors (Lipinski definition) is 0. The molecule has 2 aromatic rings. The van der Waals surface area contributed by atoms with Gasteiger partial charge in [0.15, 0.2) is 17.3 Å². The smallest absolute Gasteiger partial charge is 0.172 e. The van der Waals surface area contributed by atoms with Crippen molar-refractivity contribution in [3.63, 3.8) is 0 Å². The number of rotatable bonds is 20. The third kappa shape index (κ3) is 11.3. The zero-order valence-corrected chi connectivity index (χ0v) is 25.8. The van der Waals surface area contributed by atoms with Crippen LogP contribution in [0.2, 0.25) is 0 Å². The van der Waals surface area contributed by atoms with Crippen molar-refractivity contribution < 1.29 is 19.0 Å². The van der Waals surface area contributed by atoms with Crippen LogP contribution in [-0.2, 0) is 12.8 Å². The number of Topliss-reactive ketones (excluding diaryl/α,β-unsaturated/α-hetero) is 1. The first kappa shape index (κ1) is 32.7. The average Bonchev–Trinajstić information content (AvgIpc) is 2.93. The summed E-state index contributed by atoms with van der Waals surface area (Å²) in [7, 11) is 0. The number of aryl methyl sites for hydroxylation is 2. The Morgan fingerprint density at radius 3 is 1.85 bits per heavy atom. The molecule has 4 heteroatoms. The Labute approximate surface area is 238 Å². The van der Waals surface area contributed by atoms with Crippen LogP contribution in [0, 0.1) is 0 Å². The van der Waals surface area contributed by atoms with E-state index in [0.29, 0.717) is 29.9 Å². The Kier molecular flexibility index (Phi) is 15.1. The Morgan fingerprint density at radius 1 is 0.718 bits per heavy atom. The topological polar surface area (TPSA) is 44.8 Å². The van der Waals surface area contributed by atoms with Gasteiger partial charge in [0.1, 0.15) is 5.75 Å². The van der Waals surface area contributed by atoms with E-state index in [0.717, 1.165) is 75.5 Å². The van der Waals surface area contributed by atoms with Crippen molar-refractivity contribution in [1.29, 1.82) is 0 Å². The SMILES string of the molecule is CCCCC(C)Oc1ccc(CC)cc1CCC(=O)c1cccc(OC(C)CCCC)c1OC(C)CCCC. The van der Waals surface area contributed by atoms with Crippen molar-refractivity contribution in [2.24, 2.45) is 0 Å². The predicted octanol–water partition coefficient (Wildman–Crippen LogP) is 9.94. The third-order valence-corrected chi connectivity index (χ3v) is 7.30. The summed E-state index contributed by atoms with van der Waals surface area (Å²) in [5.74, 6) is 2.25. The highest BCUT2D eigenvalue weighted by atomic mass is 16.5. The lowest BCUT2D eigenvalue weighted by molar-refractivity contribution is 0.0971. The summed E-state index contributed by atoms with van der Waals surface area (Å²) in [5, 5.41) is 0. The second kappa shape index (κ2) is 18.0. The summed E-state index contributed by atoms with van der Waals surface area (Å²) < 4.78 is 19.1. The van der Waals surface area contributed by atoms with E-state index in [1.807, 2.05) is 18.2 Å². The van der Waals surface area contributed by atoms with Gasteiger partial charge in [0, 0.05) is 6.42 Å². The summed E-state index contributed by atoms with van der Waals surface area (Å²) >= 11 is 0. The van der Waals surface area contributed by atoms with Gasteiger partial charge < -0.3 is 14.2 Å². The van der Waals surface area contributed by atoms with Crippen molar-refractivity contribution in [3.8, 4) is 17.2 Å². The Bertz CT molecular complexity index is 983. The van der Waals surface area contributed by atoms with Gasteiger partial charge in [0.2, 0.25) is 0 Å². The molecule has 4 nitrogen and oxygen atoms in total. The van der Waals surface area contributed by atoms with Crippen molar-refractivity contribution in [3.05, 3.63) is 53.1 Å². The van der Waals surface area contributed by atoms with Crippen molar-refractivity contribution >= 4 is 5.78 Å². The molecule has 0 amide bonds. The summed E-state index contributed by atoms with van der Waals surface area (Å²) in [6, 6.07) is 12.2. The number of carbonyl (C=O) groups is 1. The lowest BCUT2D eigenvalue weighted by atomic mass is 9.99. The number of hydrogen-bond acceptors (Lipinski definition) is 4. The number of carbonyl (C=O) groups excluding carboxylic acids is 1. The molecule has 0 aliphatic heterocycles. The van der Waals surface area contributed by atoms with Gasteiger partial charge in [-0.15, -0.1) is 0 Å². The zero-order chi connectivity index (χ0) is 28.6. The van der Waals surface area contributed by atoms with Crippen LogP contribution in [0.4, 0.5) is 0 Å². The van der Waals surface area contributed by atoms with Gasteiger partial charge in [-0.3, -0.25) is 4.79 Å². The van der Waals surface area contributed by atoms with Crippen molar-refractivity contribution in [1.82, 2.24) is 0 Å². The first-order valence-corrected chi connectivity index (χ1v) is 15.6. The van der Waals surface area contributed by atoms with E-state index in [1.165, 1.54) is 5.56 Å². The first-order valence-electron chi connectivity index (χ1n) is 15.6. The summed E-state index contributed by atoms with van der Waals surface area (Å²) in [4.78, 5) is 13.7. The number of unbranched alkanes of at least 4 members (excludes halogenated alkanes) is 3. The normalized spacial score (nSPS) is 13.5. The summed E-state index contributed by atoms with van der Waals surface area (Å²) in [6.07, 6.45) is 11.9. The molecule has 0 saturated carbocycles. The fourth-order valence-electron chi connectivity index (χ4n) is 4.78. The number of ketones is 1. The van der Waals surface area contributed by atoms with Crippen LogP contribution < -0.4 is 14.2 Å². The minimum absolute atomic E-state index is 0.0121. The van der Waals surface area contributed by atoms with Gasteiger partial charge >= 0.3 is 0 Å². The number of para-hydroxylation sites is 1. The third-order valence-electron chi connectivity index (χ3n) is 7.30. The van der Waals surface area contributed by atoms with Crippen LogP contribution in [0.5, 0.6) is 17.2 Å². The van der Waals surface area contributed by atoms with Crippen molar-refractivity contribution in [2.45, 2.75) is 144 Å². The monoisotopic (exact) mass is 538 g/mol. The molecule has 0 aromatic heterocycles. The molecule has 0 radical (unpaired) electrons. The highest BCUT2D eigenvalue weighted by Crippen LogP contribution is 2.35. The highest BCUT2D eigenvalue weighted by molar-refractivity contribution is 5.99. The number of ether oxygens (including phenoxy) is 3. The lowest BCUT2D eigenvalue weighted by Crippen LogP contribution is -2.18. The fraction of sp³-hybridized carbons (Fsp3) is 0.629. The standard InChI is InChI=1S/C35H54O4/c1-8-12-16-26(5)37-33-24-21-29(11-4)25-30(33)22-23-32(36)31-19-15-20-34(38-27(6)17-13-9-2)35(31)39-28(7)18-14-10-3/h15,19-21,24-28H,8-14,16-18,22-23H2,1-7H3. The van der Waals surface area contributed by atoms with E-state index >= 15 is 0 Å². The molecule has 0 spiro atoms. The minimum Gasteiger partial charge on any atom is -0.490 e. The molecule has 0 heterocycles. The largest absolute Gasteiger partial charge is 0.490 e. The molecule has 3 unspecified atom stereocenters. The van der Waals surface area contributed by atoms with E-state index < -0.39 is 0 Å². The van der Waals surface area contributed by atoms with Gasteiger partial charge in [-0.2, -0.15) is 0 Å². The van der Waals surface area contributed by atoms with E-state index in [4.69, 9.17) is 14.2 Å². The molecule has 0 aliphatic rings. The van der Waals surface area contributed by atoms with Gasteiger partial charge in [-0.1, -0.05) is 84.4 Å². The molecule has 0 N–H and O–H groups in total. The number of benzene rings is 2. The van der Waals surface area contributed by atoms with Crippen LogP contribution in [0.15, 0.2) is 36.4 Å². The zero-order valence-electron chi connectivity index (χ0n) is 25.8. The highest BCUT2D eigenvalue weighted by Gasteiger charge is 2.21. The molecule has 0 aliphatic carbocycles. The molecule has 0 bridgehead atoms. The Morgan fingerprint density at radius 2 is 1.28 bits per heavy atom. The maximum atomic E-state index is 13.7. The van der Waals surface area contributed by atoms with Crippen LogP contribution in [0.1, 0.15) is 134 Å². The molecular weight excluding hydrogens is 484 g/mol. The maximum Gasteiger partial charge on any atom is 0.172 e.